The Hall–Kier alpha value is -3.03. The molecule has 1 saturated heterocycles. The minimum atomic E-state index is -1.65. The summed E-state index contributed by atoms with van der Waals surface area (Å²) in [5.74, 6) is -5.33. The van der Waals surface area contributed by atoms with Crippen LogP contribution in [0, 0.1) is 23.4 Å². The highest BCUT2D eigenvalue weighted by atomic mass is 19.2. The Kier molecular flexibility index (Phi) is 5.34. The molecule has 2 aromatic rings. The van der Waals surface area contributed by atoms with Gasteiger partial charge in [-0.15, -0.1) is 0 Å². The van der Waals surface area contributed by atoms with Gasteiger partial charge in [-0.1, -0.05) is 12.1 Å². The van der Waals surface area contributed by atoms with Gasteiger partial charge in [0.2, 0.25) is 11.8 Å². The van der Waals surface area contributed by atoms with Crippen molar-refractivity contribution in [2.24, 2.45) is 5.92 Å². The van der Waals surface area contributed by atoms with Crippen LogP contribution >= 0.6 is 0 Å². The summed E-state index contributed by atoms with van der Waals surface area (Å²) in [6.07, 6.45) is -0.132. The molecule has 0 saturated carbocycles. The van der Waals surface area contributed by atoms with Crippen molar-refractivity contribution in [2.75, 3.05) is 18.6 Å². The van der Waals surface area contributed by atoms with Crippen LogP contribution in [-0.2, 0) is 16.1 Å². The minimum Gasteiger partial charge on any atom is -0.497 e. The molecule has 27 heavy (non-hydrogen) atoms. The van der Waals surface area contributed by atoms with Crippen LogP contribution in [0.2, 0.25) is 0 Å². The number of methoxy groups -OCH3 is 1. The van der Waals surface area contributed by atoms with Crippen LogP contribution in [0.1, 0.15) is 12.0 Å². The molecule has 0 aliphatic carbocycles. The van der Waals surface area contributed by atoms with Crippen molar-refractivity contribution in [3.63, 3.8) is 0 Å². The average Bonchev–Trinajstić information content (AvgIpc) is 3.06. The first-order valence-corrected chi connectivity index (χ1v) is 8.25. The van der Waals surface area contributed by atoms with Crippen LogP contribution in [0.3, 0.4) is 0 Å². The lowest BCUT2D eigenvalue weighted by molar-refractivity contribution is -0.126. The fourth-order valence-corrected chi connectivity index (χ4v) is 2.92. The topological polar surface area (TPSA) is 58.6 Å². The third-order valence-electron chi connectivity index (χ3n) is 4.43. The molecule has 1 N–H and O–H groups in total. The number of hydrogen-bond acceptors (Lipinski definition) is 3. The Morgan fingerprint density at radius 3 is 2.52 bits per heavy atom. The Morgan fingerprint density at radius 2 is 1.85 bits per heavy atom. The molecule has 3 rings (SSSR count). The summed E-state index contributed by atoms with van der Waals surface area (Å²) in [6, 6.07) is 8.84. The Morgan fingerprint density at radius 1 is 1.15 bits per heavy atom. The predicted octanol–water partition coefficient (Wildman–Crippen LogP) is 2.78. The second kappa shape index (κ2) is 7.69. The molecular formula is C19H17F3N2O3. The normalized spacial score (nSPS) is 16.5. The van der Waals surface area contributed by atoms with Gasteiger partial charge in [0.25, 0.3) is 0 Å². The van der Waals surface area contributed by atoms with Crippen LogP contribution in [0.5, 0.6) is 5.75 Å². The number of ether oxygens (including phenoxy) is 1. The van der Waals surface area contributed by atoms with Crippen molar-refractivity contribution >= 4 is 17.5 Å². The molecule has 1 aliphatic rings. The number of benzene rings is 2. The highest BCUT2D eigenvalue weighted by molar-refractivity contribution is 6.00. The van der Waals surface area contributed by atoms with Gasteiger partial charge in [0.15, 0.2) is 17.5 Å². The Labute approximate surface area is 153 Å². The summed E-state index contributed by atoms with van der Waals surface area (Å²) in [7, 11) is 1.55. The summed E-state index contributed by atoms with van der Waals surface area (Å²) < 4.78 is 45.5. The maximum Gasteiger partial charge on any atom is 0.227 e. The zero-order valence-electron chi connectivity index (χ0n) is 14.5. The fourth-order valence-electron chi connectivity index (χ4n) is 2.92. The van der Waals surface area contributed by atoms with Gasteiger partial charge in [-0.05, 0) is 29.8 Å². The Bertz CT molecular complexity index is 871. The lowest BCUT2D eigenvalue weighted by Crippen LogP contribution is -2.33. The molecule has 1 fully saturated rings. The molecule has 1 aliphatic heterocycles. The van der Waals surface area contributed by atoms with Crippen LogP contribution < -0.4 is 15.0 Å². The summed E-state index contributed by atoms with van der Waals surface area (Å²) in [5.41, 5.74) is 0.473. The van der Waals surface area contributed by atoms with Gasteiger partial charge in [0.1, 0.15) is 5.75 Å². The van der Waals surface area contributed by atoms with Crippen molar-refractivity contribution in [3.05, 3.63) is 59.4 Å². The van der Waals surface area contributed by atoms with Crippen LogP contribution in [-0.4, -0.2) is 25.5 Å². The number of halogens is 3. The number of hydrogen-bond donors (Lipinski definition) is 1. The fraction of sp³-hybridized carbons (Fsp3) is 0.263. The van der Waals surface area contributed by atoms with Crippen LogP contribution in [0.15, 0.2) is 36.4 Å². The van der Waals surface area contributed by atoms with E-state index in [4.69, 9.17) is 4.74 Å². The summed E-state index contributed by atoms with van der Waals surface area (Å²) >= 11 is 0. The van der Waals surface area contributed by atoms with Gasteiger partial charge in [0.05, 0.1) is 18.7 Å². The maximum atomic E-state index is 13.9. The molecule has 0 aromatic heterocycles. The largest absolute Gasteiger partial charge is 0.497 e. The molecule has 2 amide bonds. The average molecular weight is 378 g/mol. The van der Waals surface area contributed by atoms with E-state index in [-0.39, 0.29) is 31.1 Å². The first-order chi connectivity index (χ1) is 12.9. The number of anilines is 1. The van der Waals surface area contributed by atoms with Crippen molar-refractivity contribution < 1.29 is 27.5 Å². The number of amides is 2. The van der Waals surface area contributed by atoms with Gasteiger partial charge in [-0.2, -0.15) is 0 Å². The molecule has 0 spiro atoms. The highest BCUT2D eigenvalue weighted by Gasteiger charge is 2.36. The molecule has 0 bridgehead atoms. The number of nitrogens with one attached hydrogen (secondary N) is 1. The van der Waals surface area contributed by atoms with E-state index in [2.05, 4.69) is 5.32 Å². The van der Waals surface area contributed by atoms with E-state index in [1.807, 2.05) is 0 Å². The molecule has 8 heteroatoms. The van der Waals surface area contributed by atoms with Gasteiger partial charge in [0, 0.05) is 19.5 Å². The highest BCUT2D eigenvalue weighted by Crippen LogP contribution is 2.29. The maximum absolute atomic E-state index is 13.9. The lowest BCUT2D eigenvalue weighted by atomic mass is 10.1. The molecule has 142 valence electrons. The summed E-state index contributed by atoms with van der Waals surface area (Å²) in [5, 5.41) is 2.72. The van der Waals surface area contributed by atoms with E-state index in [0.29, 0.717) is 5.75 Å². The monoisotopic (exact) mass is 378 g/mol. The molecule has 1 unspecified atom stereocenters. The standard InChI is InChI=1S/C19H17F3N2O3/c1-27-13-4-2-11(3-5-13)9-23-19(26)12-8-16(25)24(10-12)15-7-6-14(20)17(21)18(15)22/h2-7,12H,8-10H2,1H3,(H,23,26). The van der Waals surface area contributed by atoms with E-state index < -0.39 is 29.3 Å². The van der Waals surface area contributed by atoms with Crippen molar-refractivity contribution in [3.8, 4) is 5.75 Å². The van der Waals surface area contributed by atoms with Crippen LogP contribution in [0.4, 0.5) is 18.9 Å². The molecule has 0 radical (unpaired) electrons. The van der Waals surface area contributed by atoms with Gasteiger partial charge in [-0.25, -0.2) is 13.2 Å². The second-order valence-corrected chi connectivity index (χ2v) is 6.17. The molecular weight excluding hydrogens is 361 g/mol. The van der Waals surface area contributed by atoms with Crippen LogP contribution in [0.25, 0.3) is 0 Å². The van der Waals surface area contributed by atoms with Gasteiger partial charge in [-0.3, -0.25) is 9.59 Å². The zero-order chi connectivity index (χ0) is 19.6. The van der Waals surface area contributed by atoms with Crippen molar-refractivity contribution in [1.82, 2.24) is 5.32 Å². The molecule has 5 nitrogen and oxygen atoms in total. The van der Waals surface area contributed by atoms with Crippen molar-refractivity contribution in [1.29, 1.82) is 0 Å². The first-order valence-electron chi connectivity index (χ1n) is 8.25. The smallest absolute Gasteiger partial charge is 0.227 e. The Balaban J connectivity index is 1.64. The van der Waals surface area contributed by atoms with Gasteiger partial charge < -0.3 is 15.0 Å². The quantitative estimate of drug-likeness (QED) is 0.814. The van der Waals surface area contributed by atoms with Gasteiger partial charge >= 0.3 is 0 Å². The van der Waals surface area contributed by atoms with E-state index in [1.54, 1.807) is 31.4 Å². The molecule has 1 atom stereocenters. The second-order valence-electron chi connectivity index (χ2n) is 6.17. The number of carbonyl (C=O) groups is 2. The predicted molar refractivity (Wildman–Crippen MR) is 91.6 cm³/mol. The number of rotatable bonds is 5. The summed E-state index contributed by atoms with van der Waals surface area (Å²) in [6.45, 7) is 0.155. The third kappa shape index (κ3) is 3.89. The number of nitrogens with zero attached hydrogens (tertiary/aromatic N) is 1. The SMILES string of the molecule is COc1ccc(CNC(=O)C2CC(=O)N(c3ccc(F)c(F)c3F)C2)cc1. The first kappa shape index (κ1) is 18.8. The van der Waals surface area contributed by atoms with E-state index in [1.165, 1.54) is 0 Å². The van der Waals surface area contributed by atoms with E-state index in [9.17, 15) is 22.8 Å². The summed E-state index contributed by atoms with van der Waals surface area (Å²) in [4.78, 5) is 25.4. The molecule has 1 heterocycles. The zero-order valence-corrected chi connectivity index (χ0v) is 14.5. The molecule has 2 aromatic carbocycles. The van der Waals surface area contributed by atoms with E-state index >= 15 is 0 Å². The van der Waals surface area contributed by atoms with E-state index in [0.717, 1.165) is 22.6 Å². The third-order valence-corrected chi connectivity index (χ3v) is 4.43. The minimum absolute atomic E-state index is 0.102. The lowest BCUT2D eigenvalue weighted by Gasteiger charge is -2.18. The number of carbonyl (C=O) groups excluding carboxylic acids is 2. The van der Waals surface area contributed by atoms with Crippen molar-refractivity contribution in [2.45, 2.75) is 13.0 Å².